The summed E-state index contributed by atoms with van der Waals surface area (Å²) in [4.78, 5) is 1.70. The Labute approximate surface area is 118 Å². The summed E-state index contributed by atoms with van der Waals surface area (Å²) in [5.41, 5.74) is 2.58. The molecule has 0 fully saturated rings. The van der Waals surface area contributed by atoms with Crippen LogP contribution in [0.5, 0.6) is 5.75 Å². The molecule has 108 valence electrons. The topological polar surface area (TPSA) is 13.7 Å². The van der Waals surface area contributed by atoms with Crippen molar-refractivity contribution < 1.29 is 9.64 Å². The van der Waals surface area contributed by atoms with E-state index in [1.54, 1.807) is 4.90 Å². The number of hydrogen-bond donors (Lipinski definition) is 1. The Kier molecular flexibility index (Phi) is 7.57. The van der Waals surface area contributed by atoms with E-state index in [2.05, 4.69) is 45.9 Å². The molecule has 0 bridgehead atoms. The van der Waals surface area contributed by atoms with E-state index in [9.17, 15) is 0 Å². The van der Waals surface area contributed by atoms with Gasteiger partial charge in [0.1, 0.15) is 5.75 Å². The Morgan fingerprint density at radius 2 is 1.74 bits per heavy atom. The van der Waals surface area contributed by atoms with Gasteiger partial charge in [-0.05, 0) is 64.2 Å². The monoisotopic (exact) mass is 264 g/mol. The highest BCUT2D eigenvalue weighted by atomic mass is 16.5. The molecule has 1 rings (SSSR count). The standard InChI is InChI=1S/C17H29NO/c1-5-18(6-2)13-8-7-9-14-19-17-12-10-11-15(3)16(17)4/h10-12H,5-9,13-14H2,1-4H3/p+1. The fourth-order valence-corrected chi connectivity index (χ4v) is 2.32. The first-order chi connectivity index (χ1) is 9.19. The molecule has 1 N–H and O–H groups in total. The van der Waals surface area contributed by atoms with Gasteiger partial charge in [-0.3, -0.25) is 0 Å². The van der Waals surface area contributed by atoms with Gasteiger partial charge in [0, 0.05) is 0 Å². The minimum Gasteiger partial charge on any atom is -0.493 e. The zero-order chi connectivity index (χ0) is 14.1. The highest BCUT2D eigenvalue weighted by Gasteiger charge is 2.03. The van der Waals surface area contributed by atoms with Gasteiger partial charge in [0.05, 0.1) is 26.2 Å². The Bertz CT molecular complexity index is 358. The predicted octanol–water partition coefficient (Wildman–Crippen LogP) is 2.78. The molecule has 0 unspecified atom stereocenters. The maximum atomic E-state index is 5.87. The number of hydrogen-bond acceptors (Lipinski definition) is 1. The number of aryl methyl sites for hydroxylation is 1. The summed E-state index contributed by atoms with van der Waals surface area (Å²) >= 11 is 0. The minimum atomic E-state index is 0.845. The molecule has 0 aliphatic rings. The fraction of sp³-hybridized carbons (Fsp3) is 0.647. The minimum absolute atomic E-state index is 0.845. The summed E-state index contributed by atoms with van der Waals surface area (Å²) in [5, 5.41) is 0. The molecular formula is C17H30NO+. The first-order valence-electron chi connectivity index (χ1n) is 7.71. The third-order valence-corrected chi connectivity index (χ3v) is 3.99. The number of nitrogens with one attached hydrogen (secondary N) is 1. The molecule has 1 aromatic carbocycles. The van der Waals surface area contributed by atoms with Crippen LogP contribution in [0.3, 0.4) is 0 Å². The van der Waals surface area contributed by atoms with Gasteiger partial charge in [-0.1, -0.05) is 12.1 Å². The Morgan fingerprint density at radius 1 is 1.00 bits per heavy atom. The second-order valence-corrected chi connectivity index (χ2v) is 5.31. The SMILES string of the molecule is CC[NH+](CC)CCCCCOc1cccc(C)c1C. The van der Waals surface area contributed by atoms with Gasteiger partial charge in [-0.15, -0.1) is 0 Å². The normalized spacial score (nSPS) is 11.0. The van der Waals surface area contributed by atoms with E-state index in [-0.39, 0.29) is 0 Å². The summed E-state index contributed by atoms with van der Waals surface area (Å²) in [6.07, 6.45) is 3.75. The highest BCUT2D eigenvalue weighted by molar-refractivity contribution is 5.38. The van der Waals surface area contributed by atoms with Crippen LogP contribution < -0.4 is 9.64 Å². The van der Waals surface area contributed by atoms with Gasteiger partial charge in [0.25, 0.3) is 0 Å². The molecule has 0 aliphatic carbocycles. The molecule has 0 heterocycles. The van der Waals surface area contributed by atoms with E-state index in [0.717, 1.165) is 18.8 Å². The van der Waals surface area contributed by atoms with E-state index in [0.29, 0.717) is 0 Å². The fourth-order valence-electron chi connectivity index (χ4n) is 2.32. The van der Waals surface area contributed by atoms with Crippen LogP contribution in [0.1, 0.15) is 44.2 Å². The Balaban J connectivity index is 2.16. The van der Waals surface area contributed by atoms with Crippen LogP contribution in [-0.4, -0.2) is 26.2 Å². The molecule has 0 saturated carbocycles. The zero-order valence-electron chi connectivity index (χ0n) is 13.1. The molecule has 2 heteroatoms. The van der Waals surface area contributed by atoms with Crippen LogP contribution in [0, 0.1) is 13.8 Å². The van der Waals surface area contributed by atoms with Gasteiger partial charge in [0.2, 0.25) is 0 Å². The van der Waals surface area contributed by atoms with Crippen LogP contribution in [-0.2, 0) is 0 Å². The maximum absolute atomic E-state index is 5.87. The molecule has 0 amide bonds. The number of benzene rings is 1. The van der Waals surface area contributed by atoms with Crippen molar-refractivity contribution in [2.45, 2.75) is 47.0 Å². The summed E-state index contributed by atoms with van der Waals surface area (Å²) in [7, 11) is 0. The first-order valence-corrected chi connectivity index (χ1v) is 7.71. The third-order valence-electron chi connectivity index (χ3n) is 3.99. The van der Waals surface area contributed by atoms with Crippen molar-refractivity contribution in [1.82, 2.24) is 0 Å². The Morgan fingerprint density at radius 3 is 2.42 bits per heavy atom. The van der Waals surface area contributed by atoms with E-state index >= 15 is 0 Å². The van der Waals surface area contributed by atoms with Gasteiger partial charge in [-0.25, -0.2) is 0 Å². The van der Waals surface area contributed by atoms with Crippen molar-refractivity contribution in [2.75, 3.05) is 26.2 Å². The average Bonchev–Trinajstić information content (AvgIpc) is 2.42. The number of quaternary nitrogens is 1. The summed E-state index contributed by atoms with van der Waals surface area (Å²) in [6, 6.07) is 6.28. The highest BCUT2D eigenvalue weighted by Crippen LogP contribution is 2.20. The molecule has 0 radical (unpaired) electrons. The number of rotatable bonds is 9. The first kappa shape index (κ1) is 16.0. The quantitative estimate of drug-likeness (QED) is 0.677. The Hall–Kier alpha value is -1.02. The molecule has 19 heavy (non-hydrogen) atoms. The van der Waals surface area contributed by atoms with E-state index in [1.165, 1.54) is 43.6 Å². The van der Waals surface area contributed by atoms with Gasteiger partial charge in [0.15, 0.2) is 0 Å². The summed E-state index contributed by atoms with van der Waals surface area (Å²) in [5.74, 6) is 1.05. The number of ether oxygens (including phenoxy) is 1. The van der Waals surface area contributed by atoms with Crippen molar-refractivity contribution >= 4 is 0 Å². The van der Waals surface area contributed by atoms with Crippen LogP contribution >= 0.6 is 0 Å². The van der Waals surface area contributed by atoms with E-state index in [1.807, 2.05) is 0 Å². The molecule has 1 aromatic rings. The van der Waals surface area contributed by atoms with E-state index < -0.39 is 0 Å². The summed E-state index contributed by atoms with van der Waals surface area (Å²) < 4.78 is 5.87. The van der Waals surface area contributed by atoms with Crippen molar-refractivity contribution in [2.24, 2.45) is 0 Å². The van der Waals surface area contributed by atoms with Crippen LogP contribution in [0.25, 0.3) is 0 Å². The van der Waals surface area contributed by atoms with E-state index in [4.69, 9.17) is 4.74 Å². The third kappa shape index (κ3) is 5.65. The van der Waals surface area contributed by atoms with Crippen molar-refractivity contribution in [3.8, 4) is 5.75 Å². The molecule has 0 aliphatic heterocycles. The number of unbranched alkanes of at least 4 members (excludes halogenated alkanes) is 2. The second kappa shape index (κ2) is 8.98. The van der Waals surface area contributed by atoms with Crippen molar-refractivity contribution in [3.05, 3.63) is 29.3 Å². The predicted molar refractivity (Wildman–Crippen MR) is 82.2 cm³/mol. The molecular weight excluding hydrogens is 234 g/mol. The molecule has 0 aromatic heterocycles. The lowest BCUT2D eigenvalue weighted by Crippen LogP contribution is -3.11. The lowest BCUT2D eigenvalue weighted by molar-refractivity contribution is -0.896. The van der Waals surface area contributed by atoms with Crippen LogP contribution in [0.15, 0.2) is 18.2 Å². The van der Waals surface area contributed by atoms with Crippen molar-refractivity contribution in [3.63, 3.8) is 0 Å². The summed E-state index contributed by atoms with van der Waals surface area (Å²) in [6.45, 7) is 13.4. The molecule has 0 spiro atoms. The molecule has 0 atom stereocenters. The van der Waals surface area contributed by atoms with Gasteiger partial charge < -0.3 is 9.64 Å². The maximum Gasteiger partial charge on any atom is 0.122 e. The average molecular weight is 264 g/mol. The van der Waals surface area contributed by atoms with Gasteiger partial charge in [-0.2, -0.15) is 0 Å². The lowest BCUT2D eigenvalue weighted by Gasteiger charge is -2.15. The van der Waals surface area contributed by atoms with Crippen LogP contribution in [0.2, 0.25) is 0 Å². The largest absolute Gasteiger partial charge is 0.493 e. The van der Waals surface area contributed by atoms with Crippen LogP contribution in [0.4, 0.5) is 0 Å². The smallest absolute Gasteiger partial charge is 0.122 e. The second-order valence-electron chi connectivity index (χ2n) is 5.31. The van der Waals surface area contributed by atoms with Crippen molar-refractivity contribution in [1.29, 1.82) is 0 Å². The molecule has 0 saturated heterocycles. The van der Waals surface area contributed by atoms with Gasteiger partial charge >= 0.3 is 0 Å². The zero-order valence-corrected chi connectivity index (χ0v) is 13.1. The molecule has 2 nitrogen and oxygen atoms in total. The lowest BCUT2D eigenvalue weighted by atomic mass is 10.1.